The Morgan fingerprint density at radius 3 is 2.17 bits per heavy atom. The van der Waals surface area contributed by atoms with E-state index in [0.29, 0.717) is 0 Å². The zero-order chi connectivity index (χ0) is 16.5. The van der Waals surface area contributed by atoms with E-state index in [-0.39, 0.29) is 20.3 Å². The van der Waals surface area contributed by atoms with Gasteiger partial charge in [0.1, 0.15) is 0 Å². The first-order valence-electron chi connectivity index (χ1n) is 7.72. The predicted molar refractivity (Wildman–Crippen MR) is 101 cm³/mol. The van der Waals surface area contributed by atoms with Crippen molar-refractivity contribution in [3.8, 4) is 11.1 Å². The van der Waals surface area contributed by atoms with Crippen LogP contribution in [0.2, 0.25) is 0 Å². The molecule has 1 aromatic heterocycles. The summed E-state index contributed by atoms with van der Waals surface area (Å²) in [5.74, 6) is 0.102. The van der Waals surface area contributed by atoms with E-state index in [2.05, 4.69) is 6.07 Å². The van der Waals surface area contributed by atoms with Crippen molar-refractivity contribution in [2.45, 2.75) is 0 Å². The molecule has 0 amide bonds. The predicted octanol–water partition coefficient (Wildman–Crippen LogP) is 4.38. The van der Waals surface area contributed by atoms with Crippen LogP contribution in [0.5, 0.6) is 0 Å². The normalized spacial score (nSPS) is 10.8. The summed E-state index contributed by atoms with van der Waals surface area (Å²) < 4.78 is 2.06. The molecular formula is C21H15NOSe. The molecule has 0 unspecified atom stereocenters. The van der Waals surface area contributed by atoms with Gasteiger partial charge in [0, 0.05) is 0 Å². The van der Waals surface area contributed by atoms with E-state index in [4.69, 9.17) is 5.73 Å². The average Bonchev–Trinajstić information content (AvgIpc) is 3.03. The van der Waals surface area contributed by atoms with Gasteiger partial charge < -0.3 is 0 Å². The fourth-order valence-corrected chi connectivity index (χ4v) is 5.50. The minimum absolute atomic E-state index is 0.0389. The minimum atomic E-state index is -0.0389. The molecule has 4 aromatic rings. The zero-order valence-corrected chi connectivity index (χ0v) is 14.6. The van der Waals surface area contributed by atoms with Crippen molar-refractivity contribution in [3.05, 3.63) is 88.9 Å². The van der Waals surface area contributed by atoms with Gasteiger partial charge in [-0.15, -0.1) is 0 Å². The Hall–Kier alpha value is -2.61. The second kappa shape index (κ2) is 6.12. The van der Waals surface area contributed by atoms with Crippen LogP contribution in [0.25, 0.3) is 20.8 Å². The third-order valence-electron chi connectivity index (χ3n) is 4.05. The van der Waals surface area contributed by atoms with Gasteiger partial charge in [-0.25, -0.2) is 0 Å². The van der Waals surface area contributed by atoms with Gasteiger partial charge in [-0.2, -0.15) is 0 Å². The number of ketones is 1. The Kier molecular flexibility index (Phi) is 3.81. The van der Waals surface area contributed by atoms with Crippen LogP contribution in [-0.4, -0.2) is 20.3 Å². The fraction of sp³-hybridized carbons (Fsp3) is 0. The summed E-state index contributed by atoms with van der Waals surface area (Å²) in [6.07, 6.45) is 0. The first-order valence-corrected chi connectivity index (χ1v) is 9.43. The molecule has 0 bridgehead atoms. The average molecular weight is 376 g/mol. The summed E-state index contributed by atoms with van der Waals surface area (Å²) in [6.45, 7) is 0. The Balaban J connectivity index is 2.02. The van der Waals surface area contributed by atoms with E-state index < -0.39 is 0 Å². The van der Waals surface area contributed by atoms with Crippen LogP contribution >= 0.6 is 0 Å². The van der Waals surface area contributed by atoms with Crippen LogP contribution in [0.15, 0.2) is 78.9 Å². The van der Waals surface area contributed by atoms with Gasteiger partial charge in [0.25, 0.3) is 0 Å². The van der Waals surface area contributed by atoms with Gasteiger partial charge in [0.05, 0.1) is 0 Å². The van der Waals surface area contributed by atoms with E-state index in [1.165, 1.54) is 4.26 Å². The van der Waals surface area contributed by atoms with Gasteiger partial charge >= 0.3 is 146 Å². The van der Waals surface area contributed by atoms with Crippen molar-refractivity contribution in [2.24, 2.45) is 0 Å². The van der Waals surface area contributed by atoms with Crippen LogP contribution in [0, 0.1) is 0 Å². The molecule has 0 saturated carbocycles. The molecule has 2 nitrogen and oxygen atoms in total. The molecule has 3 heteroatoms. The molecule has 0 aliphatic carbocycles. The van der Waals surface area contributed by atoms with Crippen molar-refractivity contribution in [1.82, 2.24) is 0 Å². The van der Waals surface area contributed by atoms with Crippen LogP contribution < -0.4 is 5.73 Å². The van der Waals surface area contributed by atoms with Gasteiger partial charge in [0.2, 0.25) is 0 Å². The molecule has 2 N–H and O–H groups in total. The zero-order valence-electron chi connectivity index (χ0n) is 12.9. The first-order chi connectivity index (χ1) is 11.8. The molecule has 0 saturated heterocycles. The fourth-order valence-electron chi connectivity index (χ4n) is 2.94. The molecule has 116 valence electrons. The van der Waals surface area contributed by atoms with Crippen LogP contribution in [0.3, 0.4) is 0 Å². The number of nitrogens with two attached hydrogens (primary N) is 1. The first kappa shape index (κ1) is 14.9. The van der Waals surface area contributed by atoms with Gasteiger partial charge in [0.15, 0.2) is 0 Å². The third-order valence-corrected chi connectivity index (χ3v) is 6.47. The summed E-state index contributed by atoms with van der Waals surface area (Å²) in [7, 11) is 0. The number of hydrogen-bond donors (Lipinski definition) is 1. The molecule has 0 aliphatic heterocycles. The second-order valence-electron chi connectivity index (χ2n) is 5.59. The topological polar surface area (TPSA) is 43.1 Å². The molecule has 0 spiro atoms. The Labute approximate surface area is 146 Å². The number of benzene rings is 3. The maximum atomic E-state index is 13.1. The Morgan fingerprint density at radius 1 is 0.792 bits per heavy atom. The molecular weight excluding hydrogens is 361 g/mol. The second-order valence-corrected chi connectivity index (χ2v) is 7.80. The Morgan fingerprint density at radius 2 is 1.46 bits per heavy atom. The van der Waals surface area contributed by atoms with Crippen molar-refractivity contribution in [3.63, 3.8) is 0 Å². The summed E-state index contributed by atoms with van der Waals surface area (Å²) in [5.41, 5.74) is 9.78. The number of fused-ring (bicyclic) bond motifs is 1. The van der Waals surface area contributed by atoms with Crippen LogP contribution in [-0.2, 0) is 0 Å². The van der Waals surface area contributed by atoms with Crippen molar-refractivity contribution in [1.29, 1.82) is 0 Å². The number of rotatable bonds is 3. The standard InChI is InChI=1S/C21H15NOSe/c22-16-12-7-13-17-19(16)18(14-8-3-1-4-9-14)21(24-17)20(23)15-10-5-2-6-11-15/h1-13H,22H2. The quantitative estimate of drug-likeness (QED) is 0.328. The third kappa shape index (κ3) is 2.48. The summed E-state index contributed by atoms with van der Waals surface area (Å²) in [5, 5.41) is 1.03. The monoisotopic (exact) mass is 377 g/mol. The van der Waals surface area contributed by atoms with E-state index >= 15 is 0 Å². The summed E-state index contributed by atoms with van der Waals surface area (Å²) in [4.78, 5) is 13.1. The van der Waals surface area contributed by atoms with Crippen LogP contribution in [0.4, 0.5) is 5.69 Å². The molecule has 0 atom stereocenters. The van der Waals surface area contributed by atoms with Gasteiger partial charge in [-0.05, 0) is 0 Å². The summed E-state index contributed by atoms with van der Waals surface area (Å²) >= 11 is -0.0389. The van der Waals surface area contributed by atoms with E-state index in [1.54, 1.807) is 0 Å². The molecule has 1 heterocycles. The van der Waals surface area contributed by atoms with E-state index in [1.807, 2.05) is 72.8 Å². The molecule has 0 aliphatic rings. The van der Waals surface area contributed by atoms with E-state index in [9.17, 15) is 4.79 Å². The van der Waals surface area contributed by atoms with E-state index in [0.717, 1.165) is 32.2 Å². The van der Waals surface area contributed by atoms with Crippen LogP contribution in [0.1, 0.15) is 14.8 Å². The summed E-state index contributed by atoms with van der Waals surface area (Å²) in [6, 6.07) is 25.5. The molecule has 0 fully saturated rings. The van der Waals surface area contributed by atoms with Gasteiger partial charge in [-0.1, -0.05) is 0 Å². The molecule has 3 aromatic carbocycles. The number of anilines is 1. The number of hydrogen-bond acceptors (Lipinski definition) is 2. The molecule has 4 rings (SSSR count). The maximum absolute atomic E-state index is 13.1. The van der Waals surface area contributed by atoms with Crippen molar-refractivity contribution < 1.29 is 4.79 Å². The molecule has 0 radical (unpaired) electrons. The van der Waals surface area contributed by atoms with Crippen molar-refractivity contribution >= 4 is 35.6 Å². The SMILES string of the molecule is Nc1cccc2[se]c(C(=O)c3ccccc3)c(-c3ccccc3)c12. The van der Waals surface area contributed by atoms with Gasteiger partial charge in [-0.3, -0.25) is 0 Å². The van der Waals surface area contributed by atoms with Crippen molar-refractivity contribution in [2.75, 3.05) is 5.73 Å². The molecule has 24 heavy (non-hydrogen) atoms. The Bertz CT molecular complexity index is 1020. The number of carbonyl (C=O) groups excluding carboxylic acids is 1. The number of carbonyl (C=O) groups is 1. The number of nitrogen functional groups attached to an aromatic ring is 1.